The summed E-state index contributed by atoms with van der Waals surface area (Å²) >= 11 is 0. The smallest absolute Gasteiger partial charge is 0.175 e. The second kappa shape index (κ2) is 7.40. The lowest BCUT2D eigenvalue weighted by atomic mass is 10.1. The van der Waals surface area contributed by atoms with Gasteiger partial charge in [-0.05, 0) is 40.6 Å². The lowest BCUT2D eigenvalue weighted by Crippen LogP contribution is -2.46. The second-order valence-corrected chi connectivity index (χ2v) is 7.15. The molecule has 1 fully saturated rings. The summed E-state index contributed by atoms with van der Waals surface area (Å²) in [5.41, 5.74) is 1.37. The number of hydrogen-bond donors (Lipinski definition) is 0. The van der Waals surface area contributed by atoms with Crippen LogP contribution in [0.4, 0.5) is 5.82 Å². The Morgan fingerprint density at radius 2 is 1.54 bits per heavy atom. The van der Waals surface area contributed by atoms with Gasteiger partial charge in [0.2, 0.25) is 0 Å². The van der Waals surface area contributed by atoms with E-state index in [1.807, 2.05) is 24.4 Å². The molecular weight excluding hydrogens is 348 g/mol. The summed E-state index contributed by atoms with van der Waals surface area (Å²) < 4.78 is 1.72. The van der Waals surface area contributed by atoms with Gasteiger partial charge in [-0.25, -0.2) is 4.68 Å². The zero-order valence-corrected chi connectivity index (χ0v) is 15.6. The number of nitrogens with zero attached hydrogens (tertiary/aromatic N) is 6. The van der Waals surface area contributed by atoms with Gasteiger partial charge in [-0.15, -0.1) is 10.2 Å². The van der Waals surface area contributed by atoms with E-state index in [0.29, 0.717) is 0 Å². The molecule has 0 amide bonds. The number of aromatic nitrogens is 4. The van der Waals surface area contributed by atoms with Gasteiger partial charge in [0.1, 0.15) is 0 Å². The van der Waals surface area contributed by atoms with Crippen LogP contribution in [0.1, 0.15) is 5.56 Å². The summed E-state index contributed by atoms with van der Waals surface area (Å²) in [6.07, 6.45) is 3.61. The van der Waals surface area contributed by atoms with Crippen LogP contribution in [0.25, 0.3) is 16.6 Å². The van der Waals surface area contributed by atoms with Gasteiger partial charge in [0.15, 0.2) is 11.6 Å². The predicted octanol–water partition coefficient (Wildman–Crippen LogP) is 3.14. The third-order valence-corrected chi connectivity index (χ3v) is 5.29. The van der Waals surface area contributed by atoms with Gasteiger partial charge in [-0.3, -0.25) is 4.90 Å². The second-order valence-electron chi connectivity index (χ2n) is 7.15. The third kappa shape index (κ3) is 3.46. The summed E-state index contributed by atoms with van der Waals surface area (Å²) in [4.78, 5) is 4.81. The van der Waals surface area contributed by atoms with Crippen molar-refractivity contribution in [3.05, 3.63) is 78.6 Å². The maximum absolute atomic E-state index is 4.40. The molecule has 6 nitrogen and oxygen atoms in total. The molecule has 3 heterocycles. The summed E-state index contributed by atoms with van der Waals surface area (Å²) in [5.74, 6) is 1.67. The highest BCUT2D eigenvalue weighted by molar-refractivity contribution is 5.82. The number of piperazine rings is 1. The first kappa shape index (κ1) is 16.9. The van der Waals surface area contributed by atoms with Crippen LogP contribution in [-0.2, 0) is 6.54 Å². The molecule has 4 aromatic rings. The van der Waals surface area contributed by atoms with Crippen LogP contribution in [0.5, 0.6) is 0 Å². The molecule has 1 aliphatic rings. The zero-order valence-electron chi connectivity index (χ0n) is 15.6. The van der Waals surface area contributed by atoms with Crippen molar-refractivity contribution >= 4 is 16.6 Å². The van der Waals surface area contributed by atoms with E-state index in [1.54, 1.807) is 10.9 Å². The largest absolute Gasteiger partial charge is 0.353 e. The van der Waals surface area contributed by atoms with Crippen molar-refractivity contribution in [2.45, 2.75) is 6.54 Å². The topological polar surface area (TPSA) is 50.1 Å². The lowest BCUT2D eigenvalue weighted by Gasteiger charge is -2.35. The molecule has 0 radical (unpaired) electrons. The highest BCUT2D eigenvalue weighted by Gasteiger charge is 2.18. The number of benzene rings is 2. The Morgan fingerprint density at radius 3 is 2.29 bits per heavy atom. The van der Waals surface area contributed by atoms with E-state index in [2.05, 4.69) is 67.6 Å². The Labute approximate surface area is 164 Å². The first-order chi connectivity index (χ1) is 13.8. The fraction of sp³-hybridized carbons (Fsp3) is 0.227. The maximum atomic E-state index is 4.40. The normalized spacial score (nSPS) is 15.2. The van der Waals surface area contributed by atoms with Gasteiger partial charge < -0.3 is 4.90 Å². The highest BCUT2D eigenvalue weighted by Crippen LogP contribution is 2.19. The van der Waals surface area contributed by atoms with Gasteiger partial charge >= 0.3 is 0 Å². The summed E-state index contributed by atoms with van der Waals surface area (Å²) in [7, 11) is 0. The van der Waals surface area contributed by atoms with Crippen LogP contribution in [0.3, 0.4) is 0 Å². The van der Waals surface area contributed by atoms with E-state index in [1.165, 1.54) is 16.3 Å². The van der Waals surface area contributed by atoms with E-state index < -0.39 is 0 Å². The number of anilines is 1. The Kier molecular flexibility index (Phi) is 4.47. The molecule has 0 saturated carbocycles. The van der Waals surface area contributed by atoms with Crippen molar-refractivity contribution in [2.75, 3.05) is 31.1 Å². The molecule has 1 aliphatic heterocycles. The van der Waals surface area contributed by atoms with Gasteiger partial charge in [-0.2, -0.15) is 5.10 Å². The summed E-state index contributed by atoms with van der Waals surface area (Å²) in [6, 6.07) is 21.2. The molecule has 0 atom stereocenters. The van der Waals surface area contributed by atoms with Crippen molar-refractivity contribution in [3.63, 3.8) is 0 Å². The zero-order chi connectivity index (χ0) is 18.8. The average molecular weight is 370 g/mol. The molecule has 28 heavy (non-hydrogen) atoms. The molecular formula is C22H22N6. The SMILES string of the molecule is c1ccc2cc(CN3CCN(c4ccc(-n5cccn5)nn4)CC3)ccc2c1. The minimum absolute atomic E-state index is 0.740. The van der Waals surface area contributed by atoms with Gasteiger partial charge in [0, 0.05) is 45.1 Å². The van der Waals surface area contributed by atoms with Crippen molar-refractivity contribution < 1.29 is 0 Å². The van der Waals surface area contributed by atoms with E-state index >= 15 is 0 Å². The van der Waals surface area contributed by atoms with E-state index in [0.717, 1.165) is 44.4 Å². The Morgan fingerprint density at radius 1 is 0.750 bits per heavy atom. The number of hydrogen-bond acceptors (Lipinski definition) is 5. The van der Waals surface area contributed by atoms with Gasteiger partial charge in [0.25, 0.3) is 0 Å². The number of fused-ring (bicyclic) bond motifs is 1. The fourth-order valence-electron chi connectivity index (χ4n) is 3.74. The lowest BCUT2D eigenvalue weighted by molar-refractivity contribution is 0.249. The molecule has 6 heteroatoms. The standard InChI is InChI=1S/C22H22N6/c1-2-5-20-16-18(6-7-19(20)4-1)17-26-12-14-27(15-13-26)21-8-9-22(25-24-21)28-11-3-10-23-28/h1-11,16H,12-15,17H2. The monoisotopic (exact) mass is 370 g/mol. The van der Waals surface area contributed by atoms with Gasteiger partial charge in [0.05, 0.1) is 0 Å². The quantitative estimate of drug-likeness (QED) is 0.552. The van der Waals surface area contributed by atoms with E-state index in [4.69, 9.17) is 0 Å². The van der Waals surface area contributed by atoms with Gasteiger partial charge in [-0.1, -0.05) is 36.4 Å². The van der Waals surface area contributed by atoms with Crippen LogP contribution in [0.2, 0.25) is 0 Å². The molecule has 2 aromatic carbocycles. The molecule has 5 rings (SSSR count). The predicted molar refractivity (Wildman–Crippen MR) is 111 cm³/mol. The molecule has 0 bridgehead atoms. The van der Waals surface area contributed by atoms with Crippen LogP contribution in [0.15, 0.2) is 73.1 Å². The molecule has 2 aromatic heterocycles. The third-order valence-electron chi connectivity index (χ3n) is 5.29. The van der Waals surface area contributed by atoms with Crippen molar-refractivity contribution in [1.29, 1.82) is 0 Å². The highest BCUT2D eigenvalue weighted by atomic mass is 15.4. The maximum Gasteiger partial charge on any atom is 0.175 e. The molecule has 0 unspecified atom stereocenters. The molecule has 140 valence electrons. The molecule has 0 spiro atoms. The Balaban J connectivity index is 1.21. The van der Waals surface area contributed by atoms with Crippen LogP contribution < -0.4 is 4.90 Å². The molecule has 1 saturated heterocycles. The summed E-state index contributed by atoms with van der Waals surface area (Å²) in [6.45, 7) is 4.96. The van der Waals surface area contributed by atoms with Crippen LogP contribution in [-0.4, -0.2) is 51.1 Å². The Hall–Kier alpha value is -3.25. The first-order valence-corrected chi connectivity index (χ1v) is 9.64. The van der Waals surface area contributed by atoms with Crippen molar-refractivity contribution in [2.24, 2.45) is 0 Å². The average Bonchev–Trinajstić information content (AvgIpc) is 3.29. The van der Waals surface area contributed by atoms with E-state index in [9.17, 15) is 0 Å². The van der Waals surface area contributed by atoms with Crippen LogP contribution >= 0.6 is 0 Å². The molecule has 0 aliphatic carbocycles. The van der Waals surface area contributed by atoms with Crippen molar-refractivity contribution in [3.8, 4) is 5.82 Å². The Bertz CT molecular complexity index is 1050. The minimum atomic E-state index is 0.740. The van der Waals surface area contributed by atoms with Crippen molar-refractivity contribution in [1.82, 2.24) is 24.9 Å². The minimum Gasteiger partial charge on any atom is -0.353 e. The fourth-order valence-corrected chi connectivity index (χ4v) is 3.74. The van der Waals surface area contributed by atoms with E-state index in [-0.39, 0.29) is 0 Å². The summed E-state index contributed by atoms with van der Waals surface area (Å²) in [5, 5.41) is 15.5. The molecule has 0 N–H and O–H groups in total. The first-order valence-electron chi connectivity index (χ1n) is 9.64. The van der Waals surface area contributed by atoms with Crippen LogP contribution in [0, 0.1) is 0 Å². The number of rotatable bonds is 4.